The lowest BCUT2D eigenvalue weighted by Gasteiger charge is -2.15. The first kappa shape index (κ1) is 16.7. The van der Waals surface area contributed by atoms with E-state index in [2.05, 4.69) is 4.72 Å². The molecule has 0 aliphatic heterocycles. The molecule has 7 heteroatoms. The highest BCUT2D eigenvalue weighted by atomic mass is 35.5. The maximum Gasteiger partial charge on any atom is 0.336 e. The van der Waals surface area contributed by atoms with Gasteiger partial charge in [0.2, 0.25) is 10.0 Å². The number of halogens is 1. The fourth-order valence-corrected chi connectivity index (χ4v) is 3.83. The van der Waals surface area contributed by atoms with Crippen molar-refractivity contribution >= 4 is 32.6 Å². The molecular weight excluding hydrogens is 350 g/mol. The first-order valence-electron chi connectivity index (χ1n) is 7.17. The molecule has 1 N–H and O–H groups in total. The van der Waals surface area contributed by atoms with Gasteiger partial charge in [-0.25, -0.2) is 17.9 Å². The van der Waals surface area contributed by atoms with Crippen LogP contribution in [0.5, 0.6) is 0 Å². The van der Waals surface area contributed by atoms with Crippen molar-refractivity contribution in [2.24, 2.45) is 0 Å². The predicted molar refractivity (Wildman–Crippen MR) is 92.7 cm³/mol. The van der Waals surface area contributed by atoms with Gasteiger partial charge in [-0.15, -0.1) is 0 Å². The standard InChI is InChI=1S/C17H14ClNO4S/c1-11(12-3-2-4-14(18)9-12)19-24(21,22)15-6-7-16-13(10-15)5-8-17(20)23-16/h2-11,19H,1H3. The third-order valence-corrected chi connectivity index (χ3v) is 5.36. The summed E-state index contributed by atoms with van der Waals surface area (Å²) in [5.74, 6) is 0. The lowest BCUT2D eigenvalue weighted by molar-refractivity contribution is 0.559. The van der Waals surface area contributed by atoms with Crippen LogP contribution in [-0.4, -0.2) is 8.42 Å². The summed E-state index contributed by atoms with van der Waals surface area (Å²) in [5.41, 5.74) is 0.619. The molecule has 3 aromatic rings. The number of hydrogen-bond donors (Lipinski definition) is 1. The summed E-state index contributed by atoms with van der Waals surface area (Å²) in [6.07, 6.45) is 0. The van der Waals surface area contributed by atoms with Crippen molar-refractivity contribution in [1.82, 2.24) is 4.72 Å². The lowest BCUT2D eigenvalue weighted by atomic mass is 10.1. The molecule has 0 radical (unpaired) electrons. The molecule has 0 saturated carbocycles. The zero-order chi connectivity index (χ0) is 17.3. The van der Waals surface area contributed by atoms with E-state index >= 15 is 0 Å². The molecule has 124 valence electrons. The summed E-state index contributed by atoms with van der Waals surface area (Å²) in [5, 5.41) is 1.08. The molecule has 0 aliphatic carbocycles. The first-order chi connectivity index (χ1) is 11.3. The van der Waals surface area contributed by atoms with Gasteiger partial charge in [-0.1, -0.05) is 23.7 Å². The first-order valence-corrected chi connectivity index (χ1v) is 9.03. The van der Waals surface area contributed by atoms with Crippen LogP contribution in [0.15, 0.2) is 68.7 Å². The van der Waals surface area contributed by atoms with Gasteiger partial charge in [-0.2, -0.15) is 0 Å². The number of nitrogens with one attached hydrogen (secondary N) is 1. The van der Waals surface area contributed by atoms with Crippen LogP contribution in [0.4, 0.5) is 0 Å². The molecule has 0 amide bonds. The van der Waals surface area contributed by atoms with Crippen LogP contribution in [0.3, 0.4) is 0 Å². The van der Waals surface area contributed by atoms with Gasteiger partial charge in [-0.05, 0) is 48.9 Å². The number of fused-ring (bicyclic) bond motifs is 1. The SMILES string of the molecule is CC(NS(=O)(=O)c1ccc2oc(=O)ccc2c1)c1cccc(Cl)c1. The molecule has 0 bridgehead atoms. The summed E-state index contributed by atoms with van der Waals surface area (Å²) in [6.45, 7) is 1.74. The van der Waals surface area contributed by atoms with Crippen molar-refractivity contribution in [3.63, 3.8) is 0 Å². The van der Waals surface area contributed by atoms with Crippen LogP contribution >= 0.6 is 11.6 Å². The Morgan fingerprint density at radius 1 is 1.08 bits per heavy atom. The fourth-order valence-electron chi connectivity index (χ4n) is 2.36. The molecule has 5 nitrogen and oxygen atoms in total. The van der Waals surface area contributed by atoms with Gasteiger partial charge in [-0.3, -0.25) is 0 Å². The summed E-state index contributed by atoms with van der Waals surface area (Å²) in [4.78, 5) is 11.3. The van der Waals surface area contributed by atoms with Crippen LogP contribution in [0.25, 0.3) is 11.0 Å². The minimum atomic E-state index is -3.73. The molecule has 0 fully saturated rings. The zero-order valence-electron chi connectivity index (χ0n) is 12.7. The summed E-state index contributed by atoms with van der Waals surface area (Å²) in [6, 6.07) is 13.7. The number of sulfonamides is 1. The van der Waals surface area contributed by atoms with E-state index in [4.69, 9.17) is 16.0 Å². The highest BCUT2D eigenvalue weighted by molar-refractivity contribution is 7.89. The Kier molecular flexibility index (Phi) is 4.45. The summed E-state index contributed by atoms with van der Waals surface area (Å²) >= 11 is 5.94. The monoisotopic (exact) mass is 363 g/mol. The topological polar surface area (TPSA) is 76.4 Å². The Morgan fingerprint density at radius 3 is 2.62 bits per heavy atom. The third kappa shape index (κ3) is 3.51. The molecule has 0 spiro atoms. The predicted octanol–water partition coefficient (Wildman–Crippen LogP) is 3.49. The average Bonchev–Trinajstić information content (AvgIpc) is 2.53. The third-order valence-electron chi connectivity index (χ3n) is 3.58. The Labute approximate surface area is 143 Å². The van der Waals surface area contributed by atoms with Crippen LogP contribution in [0.2, 0.25) is 5.02 Å². The smallest absolute Gasteiger partial charge is 0.336 e. The van der Waals surface area contributed by atoms with Crippen molar-refractivity contribution in [3.8, 4) is 0 Å². The molecule has 1 atom stereocenters. The fraction of sp³-hybridized carbons (Fsp3) is 0.118. The van der Waals surface area contributed by atoms with E-state index in [1.165, 1.54) is 30.3 Å². The van der Waals surface area contributed by atoms with E-state index < -0.39 is 21.7 Å². The zero-order valence-corrected chi connectivity index (χ0v) is 14.3. The van der Waals surface area contributed by atoms with Gasteiger partial charge >= 0.3 is 5.63 Å². The maximum absolute atomic E-state index is 12.6. The minimum Gasteiger partial charge on any atom is -0.423 e. The Balaban J connectivity index is 1.92. The molecule has 1 unspecified atom stereocenters. The van der Waals surface area contributed by atoms with Crippen LogP contribution in [0.1, 0.15) is 18.5 Å². The normalized spacial score (nSPS) is 13.1. The van der Waals surface area contributed by atoms with Gasteiger partial charge in [0.15, 0.2) is 0 Å². The second-order valence-electron chi connectivity index (χ2n) is 5.35. The maximum atomic E-state index is 12.6. The molecule has 0 saturated heterocycles. The molecular formula is C17H14ClNO4S. The van der Waals surface area contributed by atoms with Crippen molar-refractivity contribution in [1.29, 1.82) is 0 Å². The number of rotatable bonds is 4. The quantitative estimate of drug-likeness (QED) is 0.720. The summed E-state index contributed by atoms with van der Waals surface area (Å²) in [7, 11) is -3.73. The molecule has 1 heterocycles. The molecule has 3 rings (SSSR count). The second kappa shape index (κ2) is 6.39. The summed E-state index contributed by atoms with van der Waals surface area (Å²) < 4.78 is 32.8. The van der Waals surface area contributed by atoms with Gasteiger partial charge in [0.1, 0.15) is 5.58 Å². The van der Waals surface area contributed by atoms with E-state index in [-0.39, 0.29) is 4.90 Å². The van der Waals surface area contributed by atoms with Crippen molar-refractivity contribution in [2.75, 3.05) is 0 Å². The van der Waals surface area contributed by atoms with E-state index in [9.17, 15) is 13.2 Å². The Morgan fingerprint density at radius 2 is 1.88 bits per heavy atom. The molecule has 2 aromatic carbocycles. The van der Waals surface area contributed by atoms with E-state index in [0.29, 0.717) is 16.0 Å². The van der Waals surface area contributed by atoms with Gasteiger partial charge in [0.25, 0.3) is 0 Å². The largest absolute Gasteiger partial charge is 0.423 e. The van der Waals surface area contributed by atoms with E-state index in [1.54, 1.807) is 31.2 Å². The van der Waals surface area contributed by atoms with Crippen LogP contribution in [0, 0.1) is 0 Å². The van der Waals surface area contributed by atoms with Crippen molar-refractivity contribution < 1.29 is 12.8 Å². The molecule has 1 aromatic heterocycles. The van der Waals surface area contributed by atoms with Crippen LogP contribution < -0.4 is 10.3 Å². The van der Waals surface area contributed by atoms with E-state index in [1.807, 2.05) is 0 Å². The number of hydrogen-bond acceptors (Lipinski definition) is 4. The molecule has 0 aliphatic rings. The van der Waals surface area contributed by atoms with Crippen LogP contribution in [-0.2, 0) is 10.0 Å². The van der Waals surface area contributed by atoms with Gasteiger partial charge in [0.05, 0.1) is 4.90 Å². The van der Waals surface area contributed by atoms with Gasteiger partial charge < -0.3 is 4.42 Å². The highest BCUT2D eigenvalue weighted by Crippen LogP contribution is 2.22. The van der Waals surface area contributed by atoms with Crippen molar-refractivity contribution in [3.05, 3.63) is 75.6 Å². The minimum absolute atomic E-state index is 0.0951. The second-order valence-corrected chi connectivity index (χ2v) is 7.50. The Hall–Kier alpha value is -2.15. The molecule has 24 heavy (non-hydrogen) atoms. The number of benzene rings is 2. The average molecular weight is 364 g/mol. The Bertz CT molecular complexity index is 1060. The van der Waals surface area contributed by atoms with Crippen molar-refractivity contribution in [2.45, 2.75) is 17.9 Å². The van der Waals surface area contributed by atoms with Gasteiger partial charge in [0, 0.05) is 22.5 Å². The highest BCUT2D eigenvalue weighted by Gasteiger charge is 2.19. The van der Waals surface area contributed by atoms with E-state index in [0.717, 1.165) is 5.56 Å². The lowest BCUT2D eigenvalue weighted by Crippen LogP contribution is -2.26.